The Balaban J connectivity index is 2.70. The van der Waals surface area contributed by atoms with Gasteiger partial charge in [-0.1, -0.05) is 44.5 Å². The van der Waals surface area contributed by atoms with Crippen LogP contribution in [0.25, 0.3) is 11.3 Å². The molecule has 0 aliphatic carbocycles. The topological polar surface area (TPSA) is 51.8 Å². The van der Waals surface area contributed by atoms with Gasteiger partial charge in [0.15, 0.2) is 0 Å². The van der Waals surface area contributed by atoms with E-state index in [1.165, 1.54) is 11.1 Å². The molecule has 1 aromatic carbocycles. The first kappa shape index (κ1) is 14.5. The predicted molar refractivity (Wildman–Crippen MR) is 84.8 cm³/mol. The molecule has 3 nitrogen and oxygen atoms in total. The molecular weight excluding hydrogens is 246 g/mol. The number of hydrogen-bond acceptors (Lipinski definition) is 3. The second kappa shape index (κ2) is 4.89. The van der Waals surface area contributed by atoms with Crippen molar-refractivity contribution >= 4 is 5.82 Å². The third kappa shape index (κ3) is 2.67. The molecule has 0 saturated heterocycles. The van der Waals surface area contributed by atoms with E-state index >= 15 is 0 Å². The zero-order valence-corrected chi connectivity index (χ0v) is 13.2. The second-order valence-electron chi connectivity index (χ2n) is 6.47. The molecule has 0 unspecified atom stereocenters. The number of nitrogens with two attached hydrogens (primary N) is 1. The van der Waals surface area contributed by atoms with Crippen molar-refractivity contribution in [2.75, 3.05) is 5.73 Å². The average molecular weight is 269 g/mol. The Morgan fingerprint density at radius 2 is 1.65 bits per heavy atom. The Labute approximate surface area is 121 Å². The smallest absolute Gasteiger partial charge is 0.136 e. The van der Waals surface area contributed by atoms with E-state index in [4.69, 9.17) is 10.7 Å². The number of nitrogens with zero attached hydrogens (tertiary/aromatic N) is 2. The van der Waals surface area contributed by atoms with Crippen molar-refractivity contribution in [1.29, 1.82) is 0 Å². The van der Waals surface area contributed by atoms with E-state index in [0.717, 1.165) is 22.6 Å². The van der Waals surface area contributed by atoms with Crippen molar-refractivity contribution in [3.05, 3.63) is 40.7 Å². The SMILES string of the molecule is Cc1ccc(-c2nc(C(C)(C)C)nc(N)c2C)c(C)c1. The quantitative estimate of drug-likeness (QED) is 0.852. The molecule has 0 saturated carbocycles. The summed E-state index contributed by atoms with van der Waals surface area (Å²) in [4.78, 5) is 9.22. The number of anilines is 1. The van der Waals surface area contributed by atoms with Crippen molar-refractivity contribution in [2.45, 2.75) is 47.0 Å². The number of rotatable bonds is 1. The lowest BCUT2D eigenvalue weighted by Gasteiger charge is -2.20. The lowest BCUT2D eigenvalue weighted by Crippen LogP contribution is -2.18. The Morgan fingerprint density at radius 3 is 2.20 bits per heavy atom. The van der Waals surface area contributed by atoms with Crippen molar-refractivity contribution in [1.82, 2.24) is 9.97 Å². The molecule has 0 aliphatic rings. The van der Waals surface area contributed by atoms with E-state index in [1.54, 1.807) is 0 Å². The lowest BCUT2D eigenvalue weighted by molar-refractivity contribution is 0.546. The van der Waals surface area contributed by atoms with E-state index in [1.807, 2.05) is 6.92 Å². The first-order valence-electron chi connectivity index (χ1n) is 6.92. The summed E-state index contributed by atoms with van der Waals surface area (Å²) in [6.45, 7) is 12.5. The minimum Gasteiger partial charge on any atom is -0.383 e. The summed E-state index contributed by atoms with van der Waals surface area (Å²) in [5, 5.41) is 0. The lowest BCUT2D eigenvalue weighted by atomic mass is 9.94. The molecule has 0 spiro atoms. The maximum absolute atomic E-state index is 6.08. The molecule has 0 atom stereocenters. The molecule has 3 heteroatoms. The first-order chi connectivity index (χ1) is 9.20. The molecule has 106 valence electrons. The molecule has 0 fully saturated rings. The van der Waals surface area contributed by atoms with Crippen LogP contribution in [0.15, 0.2) is 18.2 Å². The normalized spacial score (nSPS) is 11.7. The fourth-order valence-electron chi connectivity index (χ4n) is 2.21. The van der Waals surface area contributed by atoms with Crippen LogP contribution in [-0.2, 0) is 5.41 Å². The second-order valence-corrected chi connectivity index (χ2v) is 6.47. The van der Waals surface area contributed by atoms with Crippen molar-refractivity contribution in [3.8, 4) is 11.3 Å². The van der Waals surface area contributed by atoms with Crippen LogP contribution in [-0.4, -0.2) is 9.97 Å². The molecule has 1 aromatic heterocycles. The summed E-state index contributed by atoms with van der Waals surface area (Å²) in [6.07, 6.45) is 0. The van der Waals surface area contributed by atoms with Gasteiger partial charge >= 0.3 is 0 Å². The Kier molecular flexibility index (Phi) is 3.55. The predicted octanol–water partition coefficient (Wildman–Crippen LogP) is 3.95. The Hall–Kier alpha value is -1.90. The molecule has 0 bridgehead atoms. The van der Waals surface area contributed by atoms with E-state index in [2.05, 4.69) is 57.8 Å². The van der Waals surface area contributed by atoms with Crippen molar-refractivity contribution in [3.63, 3.8) is 0 Å². The molecule has 0 radical (unpaired) electrons. The number of nitrogen functional groups attached to an aromatic ring is 1. The number of benzene rings is 1. The maximum atomic E-state index is 6.08. The van der Waals surface area contributed by atoms with E-state index in [0.29, 0.717) is 5.82 Å². The van der Waals surface area contributed by atoms with Crippen LogP contribution >= 0.6 is 0 Å². The van der Waals surface area contributed by atoms with E-state index in [-0.39, 0.29) is 5.41 Å². The molecule has 0 amide bonds. The Bertz CT molecular complexity index is 652. The summed E-state index contributed by atoms with van der Waals surface area (Å²) in [5.41, 5.74) is 11.5. The van der Waals surface area contributed by atoms with Crippen LogP contribution in [0.3, 0.4) is 0 Å². The van der Waals surface area contributed by atoms with Crippen LogP contribution in [0.5, 0.6) is 0 Å². The van der Waals surface area contributed by atoms with Gasteiger partial charge in [0.05, 0.1) is 5.69 Å². The molecule has 2 rings (SSSR count). The molecule has 1 heterocycles. The largest absolute Gasteiger partial charge is 0.383 e. The fourth-order valence-corrected chi connectivity index (χ4v) is 2.21. The van der Waals surface area contributed by atoms with Gasteiger partial charge in [-0.15, -0.1) is 0 Å². The van der Waals surface area contributed by atoms with Gasteiger partial charge in [0, 0.05) is 16.5 Å². The van der Waals surface area contributed by atoms with Gasteiger partial charge in [-0.05, 0) is 26.3 Å². The summed E-state index contributed by atoms with van der Waals surface area (Å²) in [7, 11) is 0. The zero-order chi connectivity index (χ0) is 15.1. The number of hydrogen-bond donors (Lipinski definition) is 1. The first-order valence-corrected chi connectivity index (χ1v) is 6.92. The molecule has 0 aliphatic heterocycles. The molecule has 2 aromatic rings. The Morgan fingerprint density at radius 1 is 1.00 bits per heavy atom. The highest BCUT2D eigenvalue weighted by Crippen LogP contribution is 2.30. The highest BCUT2D eigenvalue weighted by molar-refractivity contribution is 5.70. The number of aromatic nitrogens is 2. The number of aryl methyl sites for hydroxylation is 2. The average Bonchev–Trinajstić information content (AvgIpc) is 2.32. The standard InChI is InChI=1S/C17H23N3/c1-10-7-8-13(11(2)9-10)14-12(3)15(18)20-16(19-14)17(4,5)6/h7-9H,1-6H3,(H2,18,19,20). The summed E-state index contributed by atoms with van der Waals surface area (Å²) in [5.74, 6) is 1.36. The molecule has 2 N–H and O–H groups in total. The minimum absolute atomic E-state index is 0.116. The van der Waals surface area contributed by atoms with Crippen molar-refractivity contribution in [2.24, 2.45) is 0 Å². The van der Waals surface area contributed by atoms with Gasteiger partial charge in [0.1, 0.15) is 11.6 Å². The minimum atomic E-state index is -0.116. The fraction of sp³-hybridized carbons (Fsp3) is 0.412. The summed E-state index contributed by atoms with van der Waals surface area (Å²) >= 11 is 0. The van der Waals surface area contributed by atoms with Crippen LogP contribution in [0.1, 0.15) is 43.3 Å². The highest BCUT2D eigenvalue weighted by atomic mass is 15.0. The van der Waals surface area contributed by atoms with Gasteiger partial charge in [0.2, 0.25) is 0 Å². The van der Waals surface area contributed by atoms with Gasteiger partial charge in [-0.3, -0.25) is 0 Å². The van der Waals surface area contributed by atoms with Crippen LogP contribution in [0.4, 0.5) is 5.82 Å². The van der Waals surface area contributed by atoms with Gasteiger partial charge in [-0.25, -0.2) is 9.97 Å². The van der Waals surface area contributed by atoms with Gasteiger partial charge in [-0.2, -0.15) is 0 Å². The van der Waals surface area contributed by atoms with Crippen molar-refractivity contribution < 1.29 is 0 Å². The summed E-state index contributed by atoms with van der Waals surface area (Å²) in [6, 6.07) is 6.40. The molecule has 20 heavy (non-hydrogen) atoms. The third-order valence-electron chi connectivity index (χ3n) is 3.49. The maximum Gasteiger partial charge on any atom is 0.136 e. The third-order valence-corrected chi connectivity index (χ3v) is 3.49. The van der Waals surface area contributed by atoms with E-state index in [9.17, 15) is 0 Å². The van der Waals surface area contributed by atoms with Crippen LogP contribution < -0.4 is 5.73 Å². The summed E-state index contributed by atoms with van der Waals surface area (Å²) < 4.78 is 0. The van der Waals surface area contributed by atoms with Crippen LogP contribution in [0.2, 0.25) is 0 Å². The highest BCUT2D eigenvalue weighted by Gasteiger charge is 2.21. The van der Waals surface area contributed by atoms with E-state index < -0.39 is 0 Å². The molecular formula is C17H23N3. The van der Waals surface area contributed by atoms with Gasteiger partial charge in [0.25, 0.3) is 0 Å². The van der Waals surface area contributed by atoms with Crippen LogP contribution in [0, 0.1) is 20.8 Å². The van der Waals surface area contributed by atoms with Gasteiger partial charge < -0.3 is 5.73 Å². The monoisotopic (exact) mass is 269 g/mol. The zero-order valence-electron chi connectivity index (χ0n) is 13.2.